The molecule has 160 valence electrons. The third-order valence-corrected chi connectivity index (χ3v) is 6.42. The van der Waals surface area contributed by atoms with Crippen molar-refractivity contribution in [1.29, 1.82) is 0 Å². The fraction of sp³-hybridized carbons (Fsp3) is 0.120. The highest BCUT2D eigenvalue weighted by molar-refractivity contribution is 9.10. The first-order chi connectivity index (χ1) is 15.7. The Bertz CT molecular complexity index is 1260. The van der Waals surface area contributed by atoms with E-state index in [0.717, 1.165) is 33.0 Å². The van der Waals surface area contributed by atoms with Crippen molar-refractivity contribution in [3.8, 4) is 11.4 Å². The fourth-order valence-electron chi connectivity index (χ4n) is 4.24. The molecule has 1 aliphatic rings. The van der Waals surface area contributed by atoms with E-state index < -0.39 is 0 Å². The summed E-state index contributed by atoms with van der Waals surface area (Å²) >= 11 is 9.45. The van der Waals surface area contributed by atoms with Crippen molar-refractivity contribution < 1.29 is 4.74 Å². The minimum Gasteiger partial charge on any atom is -0.495 e. The number of nitrogens with one attached hydrogen (secondary N) is 1. The molecular weight excluding hydrogens is 484 g/mol. The maximum absolute atomic E-state index is 5.85. The van der Waals surface area contributed by atoms with Gasteiger partial charge >= 0.3 is 0 Å². The van der Waals surface area contributed by atoms with Crippen LogP contribution in [0.25, 0.3) is 5.69 Å². The van der Waals surface area contributed by atoms with Crippen LogP contribution in [0, 0.1) is 0 Å². The Balaban J connectivity index is 1.70. The number of hydrogen-bond donors (Lipinski definition) is 1. The Morgan fingerprint density at radius 1 is 1.00 bits per heavy atom. The molecule has 2 aromatic heterocycles. The van der Waals surface area contributed by atoms with Gasteiger partial charge in [0.05, 0.1) is 24.5 Å². The molecule has 0 bridgehead atoms. The standard InChI is InChI=1S/C25H21BrN4OS/c1-31-22-13-3-2-11-20(22)30-24(23(28-25(30)32)19-10-4-5-14-27-19)21-12-7-15-29(21)18-9-6-8-17(26)16-18/h2-16,23-24H,1H3,(H,28,32)/t23-,24-/m0/s1. The van der Waals surface area contributed by atoms with Crippen LogP contribution in [0.15, 0.2) is 95.7 Å². The van der Waals surface area contributed by atoms with E-state index in [9.17, 15) is 0 Å². The van der Waals surface area contributed by atoms with E-state index in [1.54, 1.807) is 7.11 Å². The molecule has 1 aliphatic heterocycles. The summed E-state index contributed by atoms with van der Waals surface area (Å²) in [6.07, 6.45) is 3.89. The van der Waals surface area contributed by atoms with Crippen molar-refractivity contribution in [2.45, 2.75) is 12.1 Å². The highest BCUT2D eigenvalue weighted by Gasteiger charge is 2.43. The summed E-state index contributed by atoms with van der Waals surface area (Å²) < 4.78 is 8.91. The number of ether oxygens (including phenoxy) is 1. The topological polar surface area (TPSA) is 42.3 Å². The van der Waals surface area contributed by atoms with Crippen LogP contribution in [0.4, 0.5) is 5.69 Å². The lowest BCUT2D eigenvalue weighted by molar-refractivity contribution is 0.414. The number of thiocarbonyl (C=S) groups is 1. The largest absolute Gasteiger partial charge is 0.495 e. The van der Waals surface area contributed by atoms with E-state index in [0.29, 0.717) is 5.11 Å². The first-order valence-electron chi connectivity index (χ1n) is 10.2. The van der Waals surface area contributed by atoms with Crippen molar-refractivity contribution in [2.75, 3.05) is 12.0 Å². The van der Waals surface area contributed by atoms with Gasteiger partial charge < -0.3 is 19.5 Å². The lowest BCUT2D eigenvalue weighted by atomic mass is 10.0. The van der Waals surface area contributed by atoms with Gasteiger partial charge in [-0.1, -0.05) is 40.2 Å². The lowest BCUT2D eigenvalue weighted by Gasteiger charge is -2.30. The molecule has 5 rings (SSSR count). The van der Waals surface area contributed by atoms with E-state index in [1.807, 2.05) is 60.8 Å². The van der Waals surface area contributed by atoms with Crippen LogP contribution < -0.4 is 15.0 Å². The molecule has 0 unspecified atom stereocenters. The molecule has 3 heterocycles. The van der Waals surface area contributed by atoms with Crippen LogP contribution in [0.3, 0.4) is 0 Å². The molecule has 0 amide bonds. The molecule has 0 saturated carbocycles. The van der Waals surface area contributed by atoms with Gasteiger partial charge in [0.2, 0.25) is 0 Å². The van der Waals surface area contributed by atoms with Gasteiger partial charge in [0.15, 0.2) is 5.11 Å². The summed E-state index contributed by atoms with van der Waals surface area (Å²) in [5.74, 6) is 0.767. The van der Waals surface area contributed by atoms with Crippen LogP contribution in [-0.2, 0) is 0 Å². The summed E-state index contributed by atoms with van der Waals surface area (Å²) in [4.78, 5) is 6.78. The lowest BCUT2D eigenvalue weighted by Crippen LogP contribution is -2.30. The minimum atomic E-state index is -0.136. The van der Waals surface area contributed by atoms with Gasteiger partial charge in [-0.05, 0) is 66.8 Å². The smallest absolute Gasteiger partial charge is 0.174 e. The molecular formula is C25H21BrN4OS. The molecule has 2 atom stereocenters. The van der Waals surface area contributed by atoms with Crippen molar-refractivity contribution in [1.82, 2.24) is 14.9 Å². The van der Waals surface area contributed by atoms with Gasteiger partial charge in [-0.25, -0.2) is 0 Å². The minimum absolute atomic E-state index is 0.130. The van der Waals surface area contributed by atoms with Gasteiger partial charge in [0, 0.05) is 28.2 Å². The maximum atomic E-state index is 5.85. The summed E-state index contributed by atoms with van der Waals surface area (Å²) in [6.45, 7) is 0. The molecule has 1 saturated heterocycles. The zero-order valence-corrected chi connectivity index (χ0v) is 19.8. The van der Waals surface area contributed by atoms with Crippen LogP contribution in [0.1, 0.15) is 23.5 Å². The number of nitrogens with zero attached hydrogens (tertiary/aromatic N) is 3. The number of aromatic nitrogens is 2. The zero-order valence-electron chi connectivity index (χ0n) is 17.4. The second kappa shape index (κ2) is 8.76. The summed E-state index contributed by atoms with van der Waals surface area (Å²) in [7, 11) is 1.68. The van der Waals surface area contributed by atoms with Crippen LogP contribution >= 0.6 is 28.1 Å². The van der Waals surface area contributed by atoms with Crippen molar-refractivity contribution >= 4 is 38.9 Å². The number of rotatable bonds is 5. The van der Waals surface area contributed by atoms with Gasteiger partial charge in [0.1, 0.15) is 11.8 Å². The maximum Gasteiger partial charge on any atom is 0.174 e. The molecule has 1 fully saturated rings. The van der Waals surface area contributed by atoms with Crippen molar-refractivity contribution in [2.24, 2.45) is 0 Å². The van der Waals surface area contributed by atoms with Crippen LogP contribution in [0.2, 0.25) is 0 Å². The fourth-order valence-corrected chi connectivity index (χ4v) is 4.97. The second-order valence-electron chi connectivity index (χ2n) is 7.45. The van der Waals surface area contributed by atoms with E-state index in [-0.39, 0.29) is 12.1 Å². The average Bonchev–Trinajstić information content (AvgIpc) is 3.44. The second-order valence-corrected chi connectivity index (χ2v) is 8.75. The molecule has 0 aliphatic carbocycles. The van der Waals surface area contributed by atoms with Gasteiger partial charge in [-0.15, -0.1) is 0 Å². The molecule has 0 spiro atoms. The first kappa shape index (κ1) is 20.7. The molecule has 2 aromatic carbocycles. The molecule has 32 heavy (non-hydrogen) atoms. The monoisotopic (exact) mass is 504 g/mol. The van der Waals surface area contributed by atoms with Crippen molar-refractivity contribution in [3.63, 3.8) is 0 Å². The number of hydrogen-bond acceptors (Lipinski definition) is 3. The van der Waals surface area contributed by atoms with Gasteiger partial charge in [-0.2, -0.15) is 0 Å². The van der Waals surface area contributed by atoms with Gasteiger partial charge in [0.25, 0.3) is 0 Å². The van der Waals surface area contributed by atoms with Crippen LogP contribution in [-0.4, -0.2) is 21.8 Å². The predicted molar refractivity (Wildman–Crippen MR) is 134 cm³/mol. The summed E-state index contributed by atoms with van der Waals surface area (Å²) in [6, 6.07) is 26.1. The molecule has 1 N–H and O–H groups in total. The normalized spacial score (nSPS) is 17.9. The van der Waals surface area contributed by atoms with E-state index in [4.69, 9.17) is 17.0 Å². The Morgan fingerprint density at radius 2 is 1.84 bits per heavy atom. The van der Waals surface area contributed by atoms with Gasteiger partial charge in [-0.3, -0.25) is 4.98 Å². The Morgan fingerprint density at radius 3 is 2.62 bits per heavy atom. The number of halogens is 1. The third kappa shape index (κ3) is 3.67. The number of methoxy groups -OCH3 is 1. The number of pyridine rings is 1. The summed E-state index contributed by atoms with van der Waals surface area (Å²) in [5, 5.41) is 4.15. The quantitative estimate of drug-likeness (QED) is 0.346. The van der Waals surface area contributed by atoms with Crippen molar-refractivity contribution in [3.05, 3.63) is 107 Å². The highest BCUT2D eigenvalue weighted by Crippen LogP contribution is 2.44. The first-order valence-corrected chi connectivity index (χ1v) is 11.4. The number of anilines is 1. The number of para-hydroxylation sites is 2. The molecule has 5 nitrogen and oxygen atoms in total. The SMILES string of the molecule is COc1ccccc1N1C(=S)N[C@@H](c2ccccn2)[C@@H]1c1cccn1-c1cccc(Br)c1. The van der Waals surface area contributed by atoms with E-state index in [1.165, 1.54) is 0 Å². The zero-order chi connectivity index (χ0) is 22.1. The molecule has 0 radical (unpaired) electrons. The number of benzene rings is 2. The van der Waals surface area contributed by atoms with E-state index in [2.05, 4.69) is 66.2 Å². The van der Waals surface area contributed by atoms with E-state index >= 15 is 0 Å². The Labute approximate surface area is 200 Å². The third-order valence-electron chi connectivity index (χ3n) is 5.61. The summed E-state index contributed by atoms with van der Waals surface area (Å²) in [5.41, 5.74) is 4.01. The molecule has 4 aromatic rings. The van der Waals surface area contributed by atoms with Crippen LogP contribution in [0.5, 0.6) is 5.75 Å². The molecule has 7 heteroatoms. The Kier molecular flexibility index (Phi) is 5.68. The average molecular weight is 505 g/mol. The highest BCUT2D eigenvalue weighted by atomic mass is 79.9. The predicted octanol–water partition coefficient (Wildman–Crippen LogP) is 5.82. The Hall–Kier alpha value is -3.16.